The Balaban J connectivity index is 1.39. The topological polar surface area (TPSA) is 59.9 Å². The Morgan fingerprint density at radius 1 is 0.879 bits per heavy atom. The number of carbonyl (C=O) groups is 1. The third-order valence-electron chi connectivity index (χ3n) is 5.14. The maximum Gasteiger partial charge on any atom is 0.271 e. The highest BCUT2D eigenvalue weighted by molar-refractivity contribution is 5.95. The standard InChI is InChI=1S/C28H26N2O3/c1-2-18-32-25-16-14-22(15-17-25)28(31)30-29-19-23-9-4-6-13-27(23)33-20-24-11-7-10-21-8-3-5-12-26(21)24/h3-17,19H,2,18,20H2,1H3,(H,30,31)/b29-19-. The molecular formula is C28H26N2O3. The summed E-state index contributed by atoms with van der Waals surface area (Å²) in [6, 6.07) is 29.0. The summed E-state index contributed by atoms with van der Waals surface area (Å²) < 4.78 is 11.6. The van der Waals surface area contributed by atoms with Crippen LogP contribution in [0.3, 0.4) is 0 Å². The van der Waals surface area contributed by atoms with Crippen molar-refractivity contribution in [3.05, 3.63) is 108 Å². The lowest BCUT2D eigenvalue weighted by Gasteiger charge is -2.11. The van der Waals surface area contributed by atoms with Gasteiger partial charge < -0.3 is 9.47 Å². The zero-order valence-electron chi connectivity index (χ0n) is 18.5. The van der Waals surface area contributed by atoms with Crippen molar-refractivity contribution < 1.29 is 14.3 Å². The molecule has 0 aliphatic rings. The van der Waals surface area contributed by atoms with E-state index >= 15 is 0 Å². The molecule has 0 radical (unpaired) electrons. The van der Waals surface area contributed by atoms with E-state index in [0.717, 1.165) is 23.3 Å². The first-order chi connectivity index (χ1) is 16.2. The lowest BCUT2D eigenvalue weighted by Crippen LogP contribution is -2.17. The maximum absolute atomic E-state index is 12.4. The van der Waals surface area contributed by atoms with Gasteiger partial charge in [0.05, 0.1) is 12.8 Å². The fourth-order valence-electron chi connectivity index (χ4n) is 3.44. The number of nitrogens with zero attached hydrogens (tertiary/aromatic N) is 1. The number of hydrogen-bond acceptors (Lipinski definition) is 4. The van der Waals surface area contributed by atoms with Crippen LogP contribution in [0.1, 0.15) is 34.8 Å². The molecule has 0 saturated heterocycles. The van der Waals surface area contributed by atoms with Crippen LogP contribution >= 0.6 is 0 Å². The van der Waals surface area contributed by atoms with Crippen LogP contribution in [0.4, 0.5) is 0 Å². The van der Waals surface area contributed by atoms with E-state index in [9.17, 15) is 4.79 Å². The van der Waals surface area contributed by atoms with Crippen molar-refractivity contribution in [2.45, 2.75) is 20.0 Å². The smallest absolute Gasteiger partial charge is 0.271 e. The van der Waals surface area contributed by atoms with Gasteiger partial charge in [-0.15, -0.1) is 0 Å². The summed E-state index contributed by atoms with van der Waals surface area (Å²) >= 11 is 0. The van der Waals surface area contributed by atoms with Crippen molar-refractivity contribution in [1.82, 2.24) is 5.43 Å². The predicted molar refractivity (Wildman–Crippen MR) is 132 cm³/mol. The molecule has 166 valence electrons. The summed E-state index contributed by atoms with van der Waals surface area (Å²) in [6.07, 6.45) is 2.53. The van der Waals surface area contributed by atoms with Gasteiger partial charge in [0, 0.05) is 11.1 Å². The number of fused-ring (bicyclic) bond motifs is 1. The van der Waals surface area contributed by atoms with Gasteiger partial charge in [-0.05, 0) is 59.2 Å². The summed E-state index contributed by atoms with van der Waals surface area (Å²) in [5, 5.41) is 6.47. The first kappa shape index (κ1) is 22.1. The van der Waals surface area contributed by atoms with Gasteiger partial charge in [0.1, 0.15) is 18.1 Å². The van der Waals surface area contributed by atoms with Crippen LogP contribution < -0.4 is 14.9 Å². The molecule has 0 spiro atoms. The summed E-state index contributed by atoms with van der Waals surface area (Å²) in [7, 11) is 0. The number of hydrogen-bond donors (Lipinski definition) is 1. The first-order valence-corrected chi connectivity index (χ1v) is 11.0. The van der Waals surface area contributed by atoms with E-state index in [4.69, 9.17) is 9.47 Å². The number of benzene rings is 4. The van der Waals surface area contributed by atoms with Gasteiger partial charge in [0.15, 0.2) is 0 Å². The van der Waals surface area contributed by atoms with Crippen molar-refractivity contribution >= 4 is 22.9 Å². The number of hydrazone groups is 1. The maximum atomic E-state index is 12.4. The predicted octanol–water partition coefficient (Wildman–Crippen LogP) is 5.97. The van der Waals surface area contributed by atoms with E-state index < -0.39 is 0 Å². The van der Waals surface area contributed by atoms with Gasteiger partial charge in [-0.3, -0.25) is 4.79 Å². The molecule has 4 aromatic rings. The van der Waals surface area contributed by atoms with E-state index in [1.807, 2.05) is 49.4 Å². The molecule has 33 heavy (non-hydrogen) atoms. The fourth-order valence-corrected chi connectivity index (χ4v) is 3.44. The summed E-state index contributed by atoms with van der Waals surface area (Å²) in [4.78, 5) is 12.4. The number of ether oxygens (including phenoxy) is 2. The van der Waals surface area contributed by atoms with Crippen molar-refractivity contribution in [1.29, 1.82) is 0 Å². The molecule has 4 rings (SSSR count). The third-order valence-corrected chi connectivity index (χ3v) is 5.14. The molecule has 0 aromatic heterocycles. The normalized spacial score (nSPS) is 10.9. The third kappa shape index (κ3) is 5.77. The Kier molecular flexibility index (Phi) is 7.33. The molecule has 0 aliphatic carbocycles. The zero-order chi connectivity index (χ0) is 22.9. The molecule has 0 atom stereocenters. The molecule has 1 amide bonds. The highest BCUT2D eigenvalue weighted by atomic mass is 16.5. The Hall–Kier alpha value is -4.12. The largest absolute Gasteiger partial charge is 0.494 e. The molecule has 0 saturated carbocycles. The molecule has 0 unspecified atom stereocenters. The van der Waals surface area contributed by atoms with E-state index in [-0.39, 0.29) is 5.91 Å². The average Bonchev–Trinajstić information content (AvgIpc) is 2.87. The lowest BCUT2D eigenvalue weighted by atomic mass is 10.1. The van der Waals surface area contributed by atoms with Crippen LogP contribution in [0, 0.1) is 0 Å². The number of rotatable bonds is 9. The minimum atomic E-state index is -0.289. The minimum absolute atomic E-state index is 0.289. The van der Waals surface area contributed by atoms with E-state index in [0.29, 0.717) is 24.5 Å². The number of nitrogens with one attached hydrogen (secondary N) is 1. The van der Waals surface area contributed by atoms with Gasteiger partial charge >= 0.3 is 0 Å². The monoisotopic (exact) mass is 438 g/mol. The average molecular weight is 439 g/mol. The molecule has 0 fully saturated rings. The molecule has 0 bridgehead atoms. The van der Waals surface area contributed by atoms with Gasteiger partial charge in [-0.25, -0.2) is 5.43 Å². The Morgan fingerprint density at radius 2 is 1.64 bits per heavy atom. The minimum Gasteiger partial charge on any atom is -0.494 e. The van der Waals surface area contributed by atoms with Crippen LogP contribution in [0.15, 0.2) is 96.1 Å². The molecule has 5 heteroatoms. The van der Waals surface area contributed by atoms with Crippen LogP contribution in [0.2, 0.25) is 0 Å². The van der Waals surface area contributed by atoms with Crippen LogP contribution in [0.25, 0.3) is 10.8 Å². The van der Waals surface area contributed by atoms with E-state index in [1.54, 1.807) is 30.5 Å². The lowest BCUT2D eigenvalue weighted by molar-refractivity contribution is 0.0955. The zero-order valence-corrected chi connectivity index (χ0v) is 18.5. The molecule has 0 aliphatic heterocycles. The first-order valence-electron chi connectivity index (χ1n) is 11.0. The van der Waals surface area contributed by atoms with E-state index in [2.05, 4.69) is 34.8 Å². The van der Waals surface area contributed by atoms with Crippen LogP contribution in [0.5, 0.6) is 11.5 Å². The van der Waals surface area contributed by atoms with Crippen LogP contribution in [-0.4, -0.2) is 18.7 Å². The number of para-hydroxylation sites is 1. The number of carbonyl (C=O) groups excluding carboxylic acids is 1. The summed E-state index contributed by atoms with van der Waals surface area (Å²) in [5.74, 6) is 1.15. The van der Waals surface area contributed by atoms with Crippen molar-refractivity contribution in [2.75, 3.05) is 6.61 Å². The van der Waals surface area contributed by atoms with Crippen LogP contribution in [-0.2, 0) is 6.61 Å². The van der Waals surface area contributed by atoms with E-state index in [1.165, 1.54) is 10.8 Å². The molecule has 4 aromatic carbocycles. The van der Waals surface area contributed by atoms with Gasteiger partial charge in [0.25, 0.3) is 5.91 Å². The fraction of sp³-hybridized carbons (Fsp3) is 0.143. The second kappa shape index (κ2) is 11.0. The van der Waals surface area contributed by atoms with Crippen molar-refractivity contribution in [3.8, 4) is 11.5 Å². The van der Waals surface area contributed by atoms with Gasteiger partial charge in [-0.1, -0.05) is 61.5 Å². The van der Waals surface area contributed by atoms with Gasteiger partial charge in [-0.2, -0.15) is 5.10 Å². The van der Waals surface area contributed by atoms with Crippen molar-refractivity contribution in [3.63, 3.8) is 0 Å². The molecule has 0 heterocycles. The van der Waals surface area contributed by atoms with Gasteiger partial charge in [0.2, 0.25) is 0 Å². The SMILES string of the molecule is CCCOc1ccc(C(=O)N/N=C\c2ccccc2OCc2cccc3ccccc23)cc1. The molecule has 1 N–H and O–H groups in total. The summed E-state index contributed by atoms with van der Waals surface area (Å²) in [6.45, 7) is 3.13. The summed E-state index contributed by atoms with van der Waals surface area (Å²) in [5.41, 5.74) is 4.97. The Morgan fingerprint density at radius 3 is 2.48 bits per heavy atom. The second-order valence-corrected chi connectivity index (χ2v) is 7.54. The Bertz CT molecular complexity index is 1240. The highest BCUT2D eigenvalue weighted by Gasteiger charge is 2.06. The second-order valence-electron chi connectivity index (χ2n) is 7.54. The quantitative estimate of drug-likeness (QED) is 0.259. The highest BCUT2D eigenvalue weighted by Crippen LogP contribution is 2.22. The Labute approximate surface area is 193 Å². The molecule has 5 nitrogen and oxygen atoms in total. The molecular weight excluding hydrogens is 412 g/mol. The van der Waals surface area contributed by atoms with Crippen molar-refractivity contribution in [2.24, 2.45) is 5.10 Å². The number of amides is 1.